The van der Waals surface area contributed by atoms with Crippen LogP contribution in [0.15, 0.2) is 22.8 Å². The van der Waals surface area contributed by atoms with E-state index < -0.39 is 5.91 Å². The summed E-state index contributed by atoms with van der Waals surface area (Å²) in [5.74, 6) is -0.489. The van der Waals surface area contributed by atoms with Crippen molar-refractivity contribution in [2.24, 2.45) is 0 Å². The van der Waals surface area contributed by atoms with Gasteiger partial charge < -0.3 is 4.42 Å². The molecular formula is C12H17N3O3. The third-order valence-corrected chi connectivity index (χ3v) is 2.88. The molecule has 2 rings (SSSR count). The van der Waals surface area contributed by atoms with E-state index in [-0.39, 0.29) is 11.7 Å². The molecule has 98 valence electrons. The van der Waals surface area contributed by atoms with E-state index in [1.165, 1.54) is 18.8 Å². The Morgan fingerprint density at radius 2 is 2.00 bits per heavy atom. The minimum atomic E-state index is -0.452. The monoisotopic (exact) mass is 251 g/mol. The Bertz CT molecular complexity index is 397. The van der Waals surface area contributed by atoms with E-state index in [1.54, 1.807) is 6.07 Å². The first-order valence-corrected chi connectivity index (χ1v) is 6.11. The third kappa shape index (κ3) is 3.59. The smallest absolute Gasteiger partial charge is 0.305 e. The van der Waals surface area contributed by atoms with Gasteiger partial charge in [0.05, 0.1) is 12.8 Å². The van der Waals surface area contributed by atoms with Crippen LogP contribution in [-0.2, 0) is 4.79 Å². The number of hydrazine groups is 1. The average molecular weight is 251 g/mol. The van der Waals surface area contributed by atoms with Crippen molar-refractivity contribution in [1.82, 2.24) is 15.8 Å². The van der Waals surface area contributed by atoms with Gasteiger partial charge >= 0.3 is 5.91 Å². The lowest BCUT2D eigenvalue weighted by Gasteiger charge is -2.25. The Hall–Kier alpha value is -1.82. The molecule has 0 aromatic carbocycles. The van der Waals surface area contributed by atoms with Crippen LogP contribution in [0, 0.1) is 0 Å². The van der Waals surface area contributed by atoms with E-state index in [2.05, 4.69) is 15.8 Å². The normalized spacial score (nSPS) is 16.2. The Morgan fingerprint density at radius 3 is 2.67 bits per heavy atom. The maximum atomic E-state index is 11.6. The van der Waals surface area contributed by atoms with Crippen LogP contribution in [-0.4, -0.2) is 36.3 Å². The van der Waals surface area contributed by atoms with Gasteiger partial charge in [-0.3, -0.25) is 25.3 Å². The highest BCUT2D eigenvalue weighted by atomic mass is 16.3. The molecule has 1 aromatic rings. The van der Waals surface area contributed by atoms with Gasteiger partial charge in [0.1, 0.15) is 0 Å². The van der Waals surface area contributed by atoms with Crippen LogP contribution in [0.25, 0.3) is 0 Å². The van der Waals surface area contributed by atoms with Gasteiger partial charge in [-0.1, -0.05) is 6.42 Å². The zero-order valence-corrected chi connectivity index (χ0v) is 10.1. The van der Waals surface area contributed by atoms with E-state index in [9.17, 15) is 9.59 Å². The summed E-state index contributed by atoms with van der Waals surface area (Å²) >= 11 is 0. The molecule has 0 radical (unpaired) electrons. The highest BCUT2D eigenvalue weighted by Crippen LogP contribution is 2.07. The topological polar surface area (TPSA) is 74.6 Å². The molecule has 6 heteroatoms. The molecule has 1 aliphatic heterocycles. The van der Waals surface area contributed by atoms with Crippen molar-refractivity contribution in [3.63, 3.8) is 0 Å². The predicted octanol–water partition coefficient (Wildman–Crippen LogP) is 0.527. The molecule has 1 fully saturated rings. The van der Waals surface area contributed by atoms with Crippen molar-refractivity contribution in [2.75, 3.05) is 19.6 Å². The van der Waals surface area contributed by atoms with Gasteiger partial charge in [0.2, 0.25) is 0 Å². The second-order valence-electron chi connectivity index (χ2n) is 4.32. The highest BCUT2D eigenvalue weighted by Gasteiger charge is 2.14. The predicted molar refractivity (Wildman–Crippen MR) is 64.6 cm³/mol. The first kappa shape index (κ1) is 12.6. The summed E-state index contributed by atoms with van der Waals surface area (Å²) in [5, 5.41) is 0. The van der Waals surface area contributed by atoms with Crippen molar-refractivity contribution in [3.05, 3.63) is 24.2 Å². The van der Waals surface area contributed by atoms with E-state index in [0.717, 1.165) is 25.9 Å². The summed E-state index contributed by atoms with van der Waals surface area (Å²) in [7, 11) is 0. The summed E-state index contributed by atoms with van der Waals surface area (Å²) in [6.45, 7) is 2.21. The quantitative estimate of drug-likeness (QED) is 0.768. The Kier molecular flexibility index (Phi) is 4.35. The van der Waals surface area contributed by atoms with Crippen LogP contribution in [0.1, 0.15) is 29.8 Å². The van der Waals surface area contributed by atoms with Crippen molar-refractivity contribution in [2.45, 2.75) is 19.3 Å². The Labute approximate surface area is 105 Å². The zero-order chi connectivity index (χ0) is 12.8. The van der Waals surface area contributed by atoms with E-state index in [4.69, 9.17) is 4.42 Å². The molecule has 18 heavy (non-hydrogen) atoms. The van der Waals surface area contributed by atoms with Crippen molar-refractivity contribution < 1.29 is 14.0 Å². The molecular weight excluding hydrogens is 234 g/mol. The molecule has 6 nitrogen and oxygen atoms in total. The molecule has 0 aliphatic carbocycles. The lowest BCUT2D eigenvalue weighted by Crippen LogP contribution is -2.47. The van der Waals surface area contributed by atoms with E-state index in [0.29, 0.717) is 6.54 Å². The average Bonchev–Trinajstić information content (AvgIpc) is 2.91. The molecule has 1 aliphatic rings. The molecule has 1 aromatic heterocycles. The number of rotatable bonds is 3. The molecule has 1 saturated heterocycles. The second-order valence-corrected chi connectivity index (χ2v) is 4.32. The zero-order valence-electron chi connectivity index (χ0n) is 10.1. The molecule has 0 bridgehead atoms. The van der Waals surface area contributed by atoms with Crippen LogP contribution in [0.4, 0.5) is 0 Å². The van der Waals surface area contributed by atoms with Crippen LogP contribution >= 0.6 is 0 Å². The van der Waals surface area contributed by atoms with Gasteiger partial charge in [-0.15, -0.1) is 0 Å². The number of amides is 2. The largest absolute Gasteiger partial charge is 0.459 e. The van der Waals surface area contributed by atoms with Crippen LogP contribution in [0.2, 0.25) is 0 Å². The molecule has 2 N–H and O–H groups in total. The minimum Gasteiger partial charge on any atom is -0.459 e. The second kappa shape index (κ2) is 6.20. The number of nitrogens with zero attached hydrogens (tertiary/aromatic N) is 1. The van der Waals surface area contributed by atoms with Gasteiger partial charge in [0.25, 0.3) is 5.91 Å². The summed E-state index contributed by atoms with van der Waals surface area (Å²) in [4.78, 5) is 25.1. The Balaban J connectivity index is 1.69. The van der Waals surface area contributed by atoms with Crippen LogP contribution in [0.3, 0.4) is 0 Å². The van der Waals surface area contributed by atoms with Gasteiger partial charge in [-0.05, 0) is 38.1 Å². The van der Waals surface area contributed by atoms with Crippen molar-refractivity contribution in [3.8, 4) is 0 Å². The number of carbonyl (C=O) groups is 2. The maximum absolute atomic E-state index is 11.6. The number of likely N-dealkylation sites (tertiary alicyclic amines) is 1. The lowest BCUT2D eigenvalue weighted by molar-refractivity contribution is -0.123. The number of hydrogen-bond acceptors (Lipinski definition) is 4. The molecule has 2 heterocycles. The fourth-order valence-electron chi connectivity index (χ4n) is 1.96. The SMILES string of the molecule is O=C(CN1CCCCC1)NNC(=O)c1ccco1. The summed E-state index contributed by atoms with van der Waals surface area (Å²) in [6, 6.07) is 3.15. The molecule has 0 spiro atoms. The van der Waals surface area contributed by atoms with Gasteiger partial charge in [-0.2, -0.15) is 0 Å². The lowest BCUT2D eigenvalue weighted by atomic mass is 10.1. The first-order chi connectivity index (χ1) is 8.75. The fourth-order valence-corrected chi connectivity index (χ4v) is 1.96. The molecule has 0 atom stereocenters. The Morgan fingerprint density at radius 1 is 1.22 bits per heavy atom. The summed E-state index contributed by atoms with van der Waals surface area (Å²) in [5.41, 5.74) is 4.69. The van der Waals surface area contributed by atoms with Crippen molar-refractivity contribution >= 4 is 11.8 Å². The first-order valence-electron chi connectivity index (χ1n) is 6.11. The highest BCUT2D eigenvalue weighted by molar-refractivity contribution is 5.93. The number of piperidine rings is 1. The summed E-state index contributed by atoms with van der Waals surface area (Å²) < 4.78 is 4.90. The number of nitrogens with one attached hydrogen (secondary N) is 2. The molecule has 0 saturated carbocycles. The molecule has 0 unspecified atom stereocenters. The number of furan rings is 1. The number of carbonyl (C=O) groups excluding carboxylic acids is 2. The fraction of sp³-hybridized carbons (Fsp3) is 0.500. The van der Waals surface area contributed by atoms with Crippen LogP contribution in [0.5, 0.6) is 0 Å². The van der Waals surface area contributed by atoms with Gasteiger partial charge in [0.15, 0.2) is 5.76 Å². The van der Waals surface area contributed by atoms with Gasteiger partial charge in [-0.25, -0.2) is 0 Å². The molecule has 2 amide bonds. The summed E-state index contributed by atoms with van der Waals surface area (Å²) in [6.07, 6.45) is 4.90. The van der Waals surface area contributed by atoms with E-state index in [1.807, 2.05) is 0 Å². The van der Waals surface area contributed by atoms with Crippen LogP contribution < -0.4 is 10.9 Å². The number of hydrogen-bond donors (Lipinski definition) is 2. The third-order valence-electron chi connectivity index (χ3n) is 2.88. The maximum Gasteiger partial charge on any atom is 0.305 e. The van der Waals surface area contributed by atoms with E-state index >= 15 is 0 Å². The minimum absolute atomic E-state index is 0.174. The van der Waals surface area contributed by atoms with Crippen molar-refractivity contribution in [1.29, 1.82) is 0 Å². The van der Waals surface area contributed by atoms with Gasteiger partial charge in [0, 0.05) is 0 Å². The standard InChI is InChI=1S/C12H17N3O3/c16-11(9-15-6-2-1-3-7-15)13-14-12(17)10-5-4-8-18-10/h4-5,8H,1-3,6-7,9H2,(H,13,16)(H,14,17).